The molecule has 1 heterocycles. The van der Waals surface area contributed by atoms with Gasteiger partial charge in [-0.15, -0.1) is 0 Å². The minimum Gasteiger partial charge on any atom is -0.318 e. The van der Waals surface area contributed by atoms with Crippen molar-refractivity contribution < 1.29 is 22.9 Å². The zero-order valence-electron chi connectivity index (χ0n) is 10.1. The number of pyridine rings is 1. The van der Waals surface area contributed by atoms with Gasteiger partial charge >= 0.3 is 5.69 Å². The highest BCUT2D eigenvalue weighted by Gasteiger charge is 2.20. The van der Waals surface area contributed by atoms with E-state index in [9.17, 15) is 28.1 Å². The van der Waals surface area contributed by atoms with E-state index in [1.807, 2.05) is 5.32 Å². The van der Waals surface area contributed by atoms with Gasteiger partial charge in [-0.25, -0.2) is 9.37 Å². The summed E-state index contributed by atoms with van der Waals surface area (Å²) in [7, 11) is 0. The van der Waals surface area contributed by atoms with E-state index < -0.39 is 39.8 Å². The van der Waals surface area contributed by atoms with Gasteiger partial charge in [0, 0.05) is 12.1 Å². The Balaban J connectivity index is 2.33. The second-order valence-corrected chi connectivity index (χ2v) is 3.84. The Morgan fingerprint density at radius 3 is 2.52 bits per heavy atom. The van der Waals surface area contributed by atoms with Crippen LogP contribution in [-0.4, -0.2) is 15.8 Å². The number of nitro groups is 1. The number of nitrogens with zero attached hydrogens (tertiary/aromatic N) is 2. The summed E-state index contributed by atoms with van der Waals surface area (Å²) in [6.45, 7) is 0. The number of amides is 1. The smallest absolute Gasteiger partial charge is 0.307 e. The summed E-state index contributed by atoms with van der Waals surface area (Å²) in [6.07, 6.45) is 0. The summed E-state index contributed by atoms with van der Waals surface area (Å²) in [5.41, 5.74) is -1.97. The van der Waals surface area contributed by atoms with Gasteiger partial charge in [-0.1, -0.05) is 6.07 Å². The Morgan fingerprint density at radius 1 is 1.19 bits per heavy atom. The molecule has 0 aliphatic heterocycles. The zero-order valence-corrected chi connectivity index (χ0v) is 10.1. The Kier molecular flexibility index (Phi) is 3.83. The number of anilines is 1. The van der Waals surface area contributed by atoms with Crippen molar-refractivity contribution in [1.82, 2.24) is 4.98 Å². The first-order chi connectivity index (χ1) is 9.88. The molecule has 0 radical (unpaired) electrons. The average molecular weight is 297 g/mol. The highest BCUT2D eigenvalue weighted by molar-refractivity contribution is 6.03. The van der Waals surface area contributed by atoms with E-state index in [0.29, 0.717) is 6.07 Å². The van der Waals surface area contributed by atoms with Gasteiger partial charge in [-0.2, -0.15) is 8.78 Å². The van der Waals surface area contributed by atoms with Crippen molar-refractivity contribution in [3.63, 3.8) is 0 Å². The van der Waals surface area contributed by atoms with E-state index in [4.69, 9.17) is 0 Å². The fourth-order valence-corrected chi connectivity index (χ4v) is 1.49. The van der Waals surface area contributed by atoms with Crippen LogP contribution in [0.25, 0.3) is 0 Å². The maximum Gasteiger partial charge on any atom is 0.307 e. The SMILES string of the molecule is O=C(Nc1cc([N+](=O)[O-])c(F)cc1F)c1cccc(F)n1. The van der Waals surface area contributed by atoms with Crippen molar-refractivity contribution in [2.45, 2.75) is 0 Å². The summed E-state index contributed by atoms with van der Waals surface area (Å²) < 4.78 is 39.5. The molecule has 0 unspecified atom stereocenters. The first kappa shape index (κ1) is 14.4. The maximum atomic E-state index is 13.5. The van der Waals surface area contributed by atoms with Gasteiger partial charge in [-0.05, 0) is 12.1 Å². The molecule has 0 bridgehead atoms. The molecule has 0 aliphatic rings. The average Bonchev–Trinajstić information content (AvgIpc) is 2.41. The molecule has 0 atom stereocenters. The van der Waals surface area contributed by atoms with Crippen molar-refractivity contribution in [1.29, 1.82) is 0 Å². The van der Waals surface area contributed by atoms with Crippen LogP contribution in [0.3, 0.4) is 0 Å². The van der Waals surface area contributed by atoms with Crippen molar-refractivity contribution in [2.24, 2.45) is 0 Å². The molecule has 1 amide bonds. The van der Waals surface area contributed by atoms with E-state index in [2.05, 4.69) is 4.98 Å². The predicted octanol–water partition coefficient (Wildman–Crippen LogP) is 2.66. The topological polar surface area (TPSA) is 85.1 Å². The van der Waals surface area contributed by atoms with Gasteiger partial charge in [0.25, 0.3) is 5.91 Å². The molecular weight excluding hydrogens is 291 g/mol. The van der Waals surface area contributed by atoms with Gasteiger partial charge in [0.1, 0.15) is 11.5 Å². The van der Waals surface area contributed by atoms with Crippen molar-refractivity contribution in [3.8, 4) is 0 Å². The number of nitrogens with one attached hydrogen (secondary N) is 1. The molecule has 0 aliphatic carbocycles. The van der Waals surface area contributed by atoms with Gasteiger partial charge in [0.05, 0.1) is 10.6 Å². The van der Waals surface area contributed by atoms with E-state index in [1.165, 1.54) is 6.07 Å². The standard InChI is InChI=1S/C12H6F3N3O3/c13-6-4-7(14)10(18(20)21)5-9(6)17-12(19)8-2-1-3-11(15)16-8/h1-5H,(H,17,19). The number of carbonyl (C=O) groups excluding carboxylic acids is 1. The van der Waals surface area contributed by atoms with Crippen LogP contribution in [0.1, 0.15) is 10.5 Å². The zero-order chi connectivity index (χ0) is 15.6. The number of halogens is 3. The molecule has 0 spiro atoms. The molecular formula is C12H6F3N3O3. The highest BCUT2D eigenvalue weighted by Crippen LogP contribution is 2.25. The van der Waals surface area contributed by atoms with E-state index >= 15 is 0 Å². The first-order valence-electron chi connectivity index (χ1n) is 5.46. The third kappa shape index (κ3) is 3.14. The Labute approximate surface area is 115 Å². The Hall–Kier alpha value is -2.97. The van der Waals surface area contributed by atoms with Gasteiger partial charge in [0.2, 0.25) is 11.8 Å². The van der Waals surface area contributed by atoms with E-state index in [1.54, 1.807) is 0 Å². The maximum absolute atomic E-state index is 13.5. The molecule has 1 aromatic heterocycles. The van der Waals surface area contributed by atoms with Gasteiger partial charge in [-0.3, -0.25) is 14.9 Å². The summed E-state index contributed by atoms with van der Waals surface area (Å²) in [4.78, 5) is 24.5. The molecule has 6 nitrogen and oxygen atoms in total. The molecule has 0 fully saturated rings. The molecule has 1 aromatic carbocycles. The third-order valence-corrected chi connectivity index (χ3v) is 2.43. The number of hydrogen-bond donors (Lipinski definition) is 1. The molecule has 21 heavy (non-hydrogen) atoms. The first-order valence-corrected chi connectivity index (χ1v) is 5.46. The lowest BCUT2D eigenvalue weighted by Crippen LogP contribution is -2.15. The highest BCUT2D eigenvalue weighted by atomic mass is 19.1. The largest absolute Gasteiger partial charge is 0.318 e. The normalized spacial score (nSPS) is 10.2. The van der Waals surface area contributed by atoms with Crippen molar-refractivity contribution >= 4 is 17.3 Å². The third-order valence-electron chi connectivity index (χ3n) is 2.43. The number of aromatic nitrogens is 1. The molecule has 2 rings (SSSR count). The minimum absolute atomic E-state index is 0.271. The van der Waals surface area contributed by atoms with E-state index in [0.717, 1.165) is 12.1 Å². The summed E-state index contributed by atoms with van der Waals surface area (Å²) >= 11 is 0. The minimum atomic E-state index is -1.38. The predicted molar refractivity (Wildman–Crippen MR) is 65.2 cm³/mol. The number of rotatable bonds is 3. The number of carbonyl (C=O) groups is 1. The van der Waals surface area contributed by atoms with Gasteiger partial charge in [0.15, 0.2) is 0 Å². The monoisotopic (exact) mass is 297 g/mol. The van der Waals surface area contributed by atoms with Crippen LogP contribution >= 0.6 is 0 Å². The van der Waals surface area contributed by atoms with Crippen LogP contribution < -0.4 is 5.32 Å². The lowest BCUT2D eigenvalue weighted by atomic mass is 10.2. The van der Waals surface area contributed by atoms with Crippen LogP contribution in [0, 0.1) is 27.7 Å². The van der Waals surface area contributed by atoms with Crippen LogP contribution in [0.4, 0.5) is 24.5 Å². The van der Waals surface area contributed by atoms with Crippen LogP contribution in [-0.2, 0) is 0 Å². The summed E-state index contributed by atoms with van der Waals surface area (Å²) in [6, 6.07) is 4.17. The fourth-order valence-electron chi connectivity index (χ4n) is 1.49. The molecule has 108 valence electrons. The van der Waals surface area contributed by atoms with Crippen molar-refractivity contribution in [3.05, 3.63) is 63.7 Å². The van der Waals surface area contributed by atoms with Crippen LogP contribution in [0.5, 0.6) is 0 Å². The Bertz CT molecular complexity index is 737. The number of hydrogen-bond acceptors (Lipinski definition) is 4. The summed E-state index contributed by atoms with van der Waals surface area (Å²) in [5.74, 6) is -4.50. The lowest BCUT2D eigenvalue weighted by Gasteiger charge is -2.06. The molecule has 1 N–H and O–H groups in total. The summed E-state index contributed by atoms with van der Waals surface area (Å²) in [5, 5.41) is 12.5. The molecule has 2 aromatic rings. The molecule has 9 heteroatoms. The van der Waals surface area contributed by atoms with E-state index in [-0.39, 0.29) is 11.8 Å². The molecule has 0 saturated heterocycles. The second kappa shape index (κ2) is 5.57. The second-order valence-electron chi connectivity index (χ2n) is 3.84. The van der Waals surface area contributed by atoms with Crippen LogP contribution in [0.2, 0.25) is 0 Å². The lowest BCUT2D eigenvalue weighted by molar-refractivity contribution is -0.387. The number of benzene rings is 1. The molecule has 0 saturated carbocycles. The quantitative estimate of drug-likeness (QED) is 0.536. The number of nitro benzene ring substituents is 1. The van der Waals surface area contributed by atoms with Crippen LogP contribution in [0.15, 0.2) is 30.3 Å². The van der Waals surface area contributed by atoms with Crippen molar-refractivity contribution in [2.75, 3.05) is 5.32 Å². The Morgan fingerprint density at radius 2 is 1.90 bits per heavy atom. The van der Waals surface area contributed by atoms with Gasteiger partial charge < -0.3 is 5.32 Å². The fraction of sp³-hybridized carbons (Fsp3) is 0.